The third-order valence-electron chi connectivity index (χ3n) is 5.11. The summed E-state index contributed by atoms with van der Waals surface area (Å²) in [5.41, 5.74) is 14.0. The molecule has 0 spiro atoms. The van der Waals surface area contributed by atoms with Gasteiger partial charge < -0.3 is 36.1 Å². The molecule has 0 saturated heterocycles. The van der Waals surface area contributed by atoms with Gasteiger partial charge in [-0.3, -0.25) is 0 Å². The molecule has 2 aromatic carbocycles. The van der Waals surface area contributed by atoms with Crippen molar-refractivity contribution in [1.29, 1.82) is 0 Å². The minimum atomic E-state index is -0.420. The van der Waals surface area contributed by atoms with Gasteiger partial charge in [0.2, 0.25) is 11.7 Å². The third-order valence-corrected chi connectivity index (χ3v) is 5.11. The second-order valence-electron chi connectivity index (χ2n) is 7.28. The van der Waals surface area contributed by atoms with Crippen molar-refractivity contribution in [3.05, 3.63) is 65.4 Å². The van der Waals surface area contributed by atoms with Crippen molar-refractivity contribution in [3.8, 4) is 17.2 Å². The van der Waals surface area contributed by atoms with Gasteiger partial charge in [0, 0.05) is 24.2 Å². The number of rotatable bonds is 8. The first-order chi connectivity index (χ1) is 15.8. The number of methoxy groups -OCH3 is 3. The zero-order valence-electron chi connectivity index (χ0n) is 20.1. The van der Waals surface area contributed by atoms with Crippen molar-refractivity contribution in [2.45, 2.75) is 25.5 Å². The zero-order chi connectivity index (χ0) is 24.4. The molecule has 1 aromatic heterocycles. The van der Waals surface area contributed by atoms with E-state index in [1.54, 1.807) is 27.5 Å². The molecule has 0 amide bonds. The second kappa shape index (κ2) is 14.1. The molecule has 0 aliphatic rings. The molecule has 9 nitrogen and oxygen atoms in total. The maximum Gasteiger partial charge on any atom is 0.221 e. The number of nitrogens with two attached hydrogens (primary N) is 2. The number of aromatic nitrogens is 2. The predicted molar refractivity (Wildman–Crippen MR) is 137 cm³/mol. The third kappa shape index (κ3) is 7.65. The summed E-state index contributed by atoms with van der Waals surface area (Å²) in [5, 5.41) is 12.7. The van der Waals surface area contributed by atoms with Crippen molar-refractivity contribution in [3.63, 3.8) is 0 Å². The van der Waals surface area contributed by atoms with Crippen molar-refractivity contribution in [2.24, 2.45) is 0 Å². The SMILES string of the molecule is CN[C@@H](C)[C@@H](O)c1ccccc1.COc1cc(Cc2cnc(N)nc2N)cc(OC)c1OC.Cl. The Labute approximate surface area is 206 Å². The lowest BCUT2D eigenvalue weighted by atomic mass is 10.0. The van der Waals surface area contributed by atoms with Crippen LogP contribution < -0.4 is 31.0 Å². The van der Waals surface area contributed by atoms with Gasteiger partial charge in [-0.1, -0.05) is 30.3 Å². The van der Waals surface area contributed by atoms with Gasteiger partial charge in [0.05, 0.1) is 27.4 Å². The summed E-state index contributed by atoms with van der Waals surface area (Å²) < 4.78 is 15.9. The van der Waals surface area contributed by atoms with Crippen LogP contribution in [-0.4, -0.2) is 49.5 Å². The second-order valence-corrected chi connectivity index (χ2v) is 7.28. The molecule has 0 aliphatic carbocycles. The smallest absolute Gasteiger partial charge is 0.221 e. The minimum Gasteiger partial charge on any atom is -0.493 e. The fraction of sp³-hybridized carbons (Fsp3) is 0.333. The molecule has 3 aromatic rings. The molecule has 0 fully saturated rings. The summed E-state index contributed by atoms with van der Waals surface area (Å²) in [6.45, 7) is 1.96. The summed E-state index contributed by atoms with van der Waals surface area (Å²) in [6.07, 6.45) is 1.72. The average molecular weight is 492 g/mol. The molecule has 6 N–H and O–H groups in total. The quantitative estimate of drug-likeness (QED) is 0.374. The number of ether oxygens (including phenoxy) is 3. The number of nitrogens with one attached hydrogen (secondary N) is 1. The molecular weight excluding hydrogens is 458 g/mol. The van der Waals surface area contributed by atoms with Crippen LogP contribution in [0.2, 0.25) is 0 Å². The fourth-order valence-electron chi connectivity index (χ4n) is 3.12. The number of halogens is 1. The average Bonchev–Trinajstić information content (AvgIpc) is 2.85. The van der Waals surface area contributed by atoms with Crippen LogP contribution in [0.5, 0.6) is 17.2 Å². The molecule has 0 aliphatic heterocycles. The lowest BCUT2D eigenvalue weighted by molar-refractivity contribution is 0.140. The molecule has 0 bridgehead atoms. The number of aliphatic hydroxyl groups excluding tert-OH is 1. The van der Waals surface area contributed by atoms with Crippen LogP contribution in [-0.2, 0) is 6.42 Å². The topological polar surface area (TPSA) is 138 Å². The van der Waals surface area contributed by atoms with E-state index in [9.17, 15) is 5.11 Å². The summed E-state index contributed by atoms with van der Waals surface area (Å²) >= 11 is 0. The molecule has 0 saturated carbocycles. The van der Waals surface area contributed by atoms with E-state index in [0.29, 0.717) is 29.5 Å². The summed E-state index contributed by atoms with van der Waals surface area (Å²) in [6, 6.07) is 13.5. The van der Waals surface area contributed by atoms with E-state index in [1.807, 2.05) is 56.4 Å². The molecule has 0 unspecified atom stereocenters. The Morgan fingerprint density at radius 3 is 2.06 bits per heavy atom. The number of aliphatic hydroxyl groups is 1. The Bertz CT molecular complexity index is 998. The molecule has 3 rings (SSSR count). The van der Waals surface area contributed by atoms with Crippen LogP contribution in [0.25, 0.3) is 0 Å². The number of likely N-dealkylation sites (N-methyl/N-ethyl adjacent to an activating group) is 1. The van der Waals surface area contributed by atoms with E-state index >= 15 is 0 Å². The molecule has 34 heavy (non-hydrogen) atoms. The van der Waals surface area contributed by atoms with Crippen molar-refractivity contribution >= 4 is 24.2 Å². The highest BCUT2D eigenvalue weighted by molar-refractivity contribution is 5.85. The highest BCUT2D eigenvalue weighted by Crippen LogP contribution is 2.38. The van der Waals surface area contributed by atoms with E-state index < -0.39 is 6.10 Å². The highest BCUT2D eigenvalue weighted by Gasteiger charge is 2.15. The Hall–Kier alpha value is -3.27. The van der Waals surface area contributed by atoms with E-state index in [2.05, 4.69) is 15.3 Å². The van der Waals surface area contributed by atoms with Crippen LogP contribution >= 0.6 is 12.4 Å². The lowest BCUT2D eigenvalue weighted by Gasteiger charge is -2.17. The molecule has 2 atom stereocenters. The first-order valence-corrected chi connectivity index (χ1v) is 10.4. The number of nitrogen functional groups attached to an aromatic ring is 2. The van der Waals surface area contributed by atoms with E-state index in [-0.39, 0.29) is 24.4 Å². The van der Waals surface area contributed by atoms with Crippen LogP contribution in [0.1, 0.15) is 29.7 Å². The molecule has 10 heteroatoms. The van der Waals surface area contributed by atoms with Crippen LogP contribution in [0, 0.1) is 0 Å². The van der Waals surface area contributed by atoms with Crippen LogP contribution in [0.15, 0.2) is 48.7 Å². The number of benzene rings is 2. The van der Waals surface area contributed by atoms with E-state index in [4.69, 9.17) is 25.7 Å². The minimum absolute atomic E-state index is 0. The van der Waals surface area contributed by atoms with Crippen molar-refractivity contribution < 1.29 is 19.3 Å². The maximum atomic E-state index is 9.73. The standard InChI is InChI=1S/C14H18N4O3.C10H15NO.ClH/c1-19-10-5-8(6-11(20-2)12(10)21-3)4-9-7-17-14(16)18-13(9)15;1-8(11-2)10(12)9-6-4-3-5-7-9;/h5-7H,4H2,1-3H3,(H4,15,16,17,18);3-8,10-12H,1-2H3;1H/t;8-,10+;/m.0./s1. The van der Waals surface area contributed by atoms with Crippen molar-refractivity contribution in [2.75, 3.05) is 39.8 Å². The Morgan fingerprint density at radius 1 is 1.00 bits per heavy atom. The largest absolute Gasteiger partial charge is 0.493 e. The Kier molecular flexibility index (Phi) is 11.9. The molecule has 0 radical (unpaired) electrons. The number of hydrogen-bond acceptors (Lipinski definition) is 9. The van der Waals surface area contributed by atoms with Crippen molar-refractivity contribution in [1.82, 2.24) is 15.3 Å². The summed E-state index contributed by atoms with van der Waals surface area (Å²) in [5.74, 6) is 2.23. The van der Waals surface area contributed by atoms with Gasteiger partial charge in [-0.2, -0.15) is 4.98 Å². The predicted octanol–water partition coefficient (Wildman–Crippen LogP) is 3.01. The number of anilines is 2. The Balaban J connectivity index is 0.000000380. The number of hydrogen-bond donors (Lipinski definition) is 4. The van der Waals surface area contributed by atoms with Gasteiger partial charge in [0.25, 0.3) is 0 Å². The van der Waals surface area contributed by atoms with E-state index in [1.165, 1.54) is 0 Å². The first kappa shape index (κ1) is 28.8. The molecule has 1 heterocycles. The van der Waals surface area contributed by atoms with Gasteiger partial charge in [0.15, 0.2) is 11.5 Å². The van der Waals surface area contributed by atoms with Crippen LogP contribution in [0.4, 0.5) is 11.8 Å². The molecule has 186 valence electrons. The lowest BCUT2D eigenvalue weighted by Crippen LogP contribution is -2.28. The summed E-state index contributed by atoms with van der Waals surface area (Å²) in [7, 11) is 6.55. The van der Waals surface area contributed by atoms with Crippen LogP contribution in [0.3, 0.4) is 0 Å². The number of nitrogens with zero attached hydrogens (tertiary/aromatic N) is 2. The fourth-order valence-corrected chi connectivity index (χ4v) is 3.12. The van der Waals surface area contributed by atoms with Gasteiger partial charge in [-0.15, -0.1) is 12.4 Å². The Morgan fingerprint density at radius 2 is 1.59 bits per heavy atom. The normalized spacial score (nSPS) is 11.8. The van der Waals surface area contributed by atoms with Gasteiger partial charge in [-0.25, -0.2) is 4.98 Å². The zero-order valence-corrected chi connectivity index (χ0v) is 20.9. The first-order valence-electron chi connectivity index (χ1n) is 10.4. The molecular formula is C24H34ClN5O4. The highest BCUT2D eigenvalue weighted by atomic mass is 35.5. The summed E-state index contributed by atoms with van der Waals surface area (Å²) in [4.78, 5) is 7.90. The van der Waals surface area contributed by atoms with Gasteiger partial charge in [0.1, 0.15) is 5.82 Å². The van der Waals surface area contributed by atoms with Gasteiger partial charge in [-0.05, 0) is 37.2 Å². The monoisotopic (exact) mass is 491 g/mol. The maximum absolute atomic E-state index is 9.73. The van der Waals surface area contributed by atoms with Gasteiger partial charge >= 0.3 is 0 Å². The van der Waals surface area contributed by atoms with E-state index in [0.717, 1.165) is 16.7 Å².